The van der Waals surface area contributed by atoms with Crippen LogP contribution in [0.5, 0.6) is 0 Å². The van der Waals surface area contributed by atoms with Crippen molar-refractivity contribution >= 4 is 39.9 Å². The summed E-state index contributed by atoms with van der Waals surface area (Å²) >= 11 is 5.07. The molecule has 0 radical (unpaired) electrons. The van der Waals surface area contributed by atoms with E-state index in [1.54, 1.807) is 34.0 Å². The van der Waals surface area contributed by atoms with E-state index >= 15 is 0 Å². The zero-order valence-electron chi connectivity index (χ0n) is 16.0. The van der Waals surface area contributed by atoms with Crippen molar-refractivity contribution in [1.29, 1.82) is 0 Å². The molecule has 4 nitrogen and oxygen atoms in total. The highest BCUT2D eigenvalue weighted by Crippen LogP contribution is 2.30. The van der Waals surface area contributed by atoms with Crippen LogP contribution in [0.4, 0.5) is 0 Å². The lowest BCUT2D eigenvalue weighted by Gasteiger charge is -2.36. The van der Waals surface area contributed by atoms with E-state index in [1.165, 1.54) is 17.7 Å². The Hall–Kier alpha value is -1.54. The molecule has 1 saturated heterocycles. The zero-order valence-corrected chi connectivity index (χ0v) is 18.4. The van der Waals surface area contributed by atoms with Crippen molar-refractivity contribution in [1.82, 2.24) is 15.2 Å². The Morgan fingerprint density at radius 1 is 1.21 bits per heavy atom. The molecule has 1 atom stereocenters. The molecule has 1 unspecified atom stereocenters. The van der Waals surface area contributed by atoms with E-state index in [2.05, 4.69) is 51.1 Å². The van der Waals surface area contributed by atoms with Gasteiger partial charge in [-0.2, -0.15) is 0 Å². The molecule has 0 aromatic carbocycles. The van der Waals surface area contributed by atoms with Crippen LogP contribution in [0, 0.1) is 5.92 Å². The van der Waals surface area contributed by atoms with Gasteiger partial charge in [-0.3, -0.25) is 9.69 Å². The fraction of sp³-hybridized carbons (Fsp3) is 0.429. The number of thiophene rings is 2. The summed E-state index contributed by atoms with van der Waals surface area (Å²) in [6.45, 7) is 5.21. The lowest BCUT2D eigenvalue weighted by molar-refractivity contribution is -0.120. The quantitative estimate of drug-likeness (QED) is 0.568. The van der Waals surface area contributed by atoms with Crippen molar-refractivity contribution in [2.45, 2.75) is 32.2 Å². The van der Waals surface area contributed by atoms with Gasteiger partial charge in [0.25, 0.3) is 0 Å². The average Bonchev–Trinajstić information content (AvgIpc) is 3.46. The first kappa shape index (κ1) is 19.8. The number of carbonyl (C=O) groups excluding carboxylic acids is 1. The molecule has 28 heavy (non-hydrogen) atoms. The molecule has 148 valence electrons. The van der Waals surface area contributed by atoms with E-state index in [0.717, 1.165) is 34.6 Å². The number of nitrogens with zero attached hydrogens (tertiary/aromatic N) is 2. The molecule has 4 heterocycles. The smallest absolute Gasteiger partial charge is 0.226 e. The largest absolute Gasteiger partial charge is 0.354 e. The summed E-state index contributed by atoms with van der Waals surface area (Å²) in [5, 5.41) is 10.3. The molecule has 3 aromatic heterocycles. The van der Waals surface area contributed by atoms with Gasteiger partial charge >= 0.3 is 0 Å². The van der Waals surface area contributed by atoms with Crippen molar-refractivity contribution in [2.75, 3.05) is 19.6 Å². The third-order valence-corrected chi connectivity index (χ3v) is 8.15. The Bertz CT molecular complexity index is 865. The molecule has 4 rings (SSSR count). The van der Waals surface area contributed by atoms with Crippen molar-refractivity contribution in [3.05, 3.63) is 51.0 Å². The fourth-order valence-electron chi connectivity index (χ4n) is 3.57. The maximum Gasteiger partial charge on any atom is 0.226 e. The zero-order chi connectivity index (χ0) is 19.3. The first-order chi connectivity index (χ1) is 13.7. The van der Waals surface area contributed by atoms with Crippen molar-refractivity contribution in [2.24, 2.45) is 5.92 Å². The number of aromatic nitrogens is 1. The Morgan fingerprint density at radius 2 is 2.00 bits per heavy atom. The van der Waals surface area contributed by atoms with Crippen molar-refractivity contribution in [3.8, 4) is 9.88 Å². The Labute approximate surface area is 178 Å². The SMILES string of the molecule is CC1CCN(C(CNC(=O)Cc2csc(-c3cccs3)n2)c2cccs2)CC1. The molecule has 0 saturated carbocycles. The van der Waals surface area contributed by atoms with E-state index in [0.29, 0.717) is 13.0 Å². The standard InChI is InChI=1S/C21H25N3OS3/c1-15-6-8-24(9-7-15)17(18-4-2-10-26-18)13-22-20(25)12-16-14-28-21(23-16)19-5-3-11-27-19/h2-5,10-11,14-15,17H,6-9,12-13H2,1H3,(H,22,25). The highest BCUT2D eigenvalue weighted by molar-refractivity contribution is 7.20. The Balaban J connectivity index is 1.35. The lowest BCUT2D eigenvalue weighted by atomic mass is 9.97. The lowest BCUT2D eigenvalue weighted by Crippen LogP contribution is -2.42. The summed E-state index contributed by atoms with van der Waals surface area (Å²) in [6, 6.07) is 8.66. The molecule has 0 aliphatic carbocycles. The van der Waals surface area contributed by atoms with Gasteiger partial charge in [0.2, 0.25) is 5.91 Å². The molecule has 7 heteroatoms. The molecular weight excluding hydrogens is 406 g/mol. The number of amides is 1. The van der Waals surface area contributed by atoms with Crippen molar-refractivity contribution < 1.29 is 4.79 Å². The van der Waals surface area contributed by atoms with E-state index in [4.69, 9.17) is 0 Å². The van der Waals surface area contributed by atoms with E-state index < -0.39 is 0 Å². The van der Waals surface area contributed by atoms with Crippen LogP contribution in [0.1, 0.15) is 36.4 Å². The predicted octanol–water partition coefficient (Wildman–Crippen LogP) is 5.07. The molecular formula is C21H25N3OS3. The number of hydrogen-bond donors (Lipinski definition) is 1. The fourth-order valence-corrected chi connectivity index (χ4v) is 6.06. The molecule has 1 fully saturated rings. The van der Waals surface area contributed by atoms with Gasteiger partial charge in [0.15, 0.2) is 0 Å². The van der Waals surface area contributed by atoms with Gasteiger partial charge in [0, 0.05) is 16.8 Å². The number of nitrogens with one attached hydrogen (secondary N) is 1. The van der Waals surface area contributed by atoms with Gasteiger partial charge in [0.1, 0.15) is 5.01 Å². The van der Waals surface area contributed by atoms with E-state index in [1.807, 2.05) is 11.4 Å². The van der Waals surface area contributed by atoms with Crippen LogP contribution in [-0.2, 0) is 11.2 Å². The normalized spacial score (nSPS) is 16.9. The van der Waals surface area contributed by atoms with Crippen LogP contribution in [0.3, 0.4) is 0 Å². The maximum absolute atomic E-state index is 12.6. The number of carbonyl (C=O) groups is 1. The van der Waals surface area contributed by atoms with Crippen LogP contribution in [0.2, 0.25) is 0 Å². The third-order valence-electron chi connectivity index (χ3n) is 5.25. The summed E-state index contributed by atoms with van der Waals surface area (Å²) in [5.74, 6) is 0.854. The summed E-state index contributed by atoms with van der Waals surface area (Å²) < 4.78 is 0. The molecule has 1 aliphatic heterocycles. The van der Waals surface area contributed by atoms with Gasteiger partial charge in [-0.25, -0.2) is 4.98 Å². The van der Waals surface area contributed by atoms with E-state index in [-0.39, 0.29) is 11.9 Å². The molecule has 1 N–H and O–H groups in total. The van der Waals surface area contributed by atoms with Crippen LogP contribution in [0.15, 0.2) is 40.4 Å². The van der Waals surface area contributed by atoms with Gasteiger partial charge in [-0.15, -0.1) is 34.0 Å². The van der Waals surface area contributed by atoms with Crippen LogP contribution in [-0.4, -0.2) is 35.4 Å². The van der Waals surface area contributed by atoms with Crippen LogP contribution < -0.4 is 5.32 Å². The van der Waals surface area contributed by atoms with Crippen LogP contribution >= 0.6 is 34.0 Å². The van der Waals surface area contributed by atoms with E-state index in [9.17, 15) is 4.79 Å². The van der Waals surface area contributed by atoms with Crippen molar-refractivity contribution in [3.63, 3.8) is 0 Å². The Kier molecular flexibility index (Phi) is 6.57. The summed E-state index contributed by atoms with van der Waals surface area (Å²) in [6.07, 6.45) is 2.82. The minimum absolute atomic E-state index is 0.0509. The molecule has 1 amide bonds. The highest BCUT2D eigenvalue weighted by Gasteiger charge is 2.25. The number of hydrogen-bond acceptors (Lipinski definition) is 6. The predicted molar refractivity (Wildman–Crippen MR) is 119 cm³/mol. The highest BCUT2D eigenvalue weighted by atomic mass is 32.1. The first-order valence-corrected chi connectivity index (χ1v) is 12.4. The second-order valence-electron chi connectivity index (χ2n) is 7.35. The first-order valence-electron chi connectivity index (χ1n) is 9.71. The number of piperidine rings is 1. The van der Waals surface area contributed by atoms with Gasteiger partial charge in [-0.05, 0) is 54.7 Å². The van der Waals surface area contributed by atoms with Crippen LogP contribution in [0.25, 0.3) is 9.88 Å². The second kappa shape index (κ2) is 9.31. The summed E-state index contributed by atoms with van der Waals surface area (Å²) in [5.41, 5.74) is 0.852. The summed E-state index contributed by atoms with van der Waals surface area (Å²) in [4.78, 5) is 22.2. The van der Waals surface area contributed by atoms with Gasteiger partial charge in [-0.1, -0.05) is 19.1 Å². The average molecular weight is 432 g/mol. The monoisotopic (exact) mass is 431 g/mol. The molecule has 0 spiro atoms. The number of rotatable bonds is 7. The minimum Gasteiger partial charge on any atom is -0.354 e. The molecule has 1 aliphatic rings. The third kappa shape index (κ3) is 4.89. The maximum atomic E-state index is 12.6. The summed E-state index contributed by atoms with van der Waals surface area (Å²) in [7, 11) is 0. The molecule has 0 bridgehead atoms. The number of thiazole rings is 1. The Morgan fingerprint density at radius 3 is 2.71 bits per heavy atom. The second-order valence-corrected chi connectivity index (χ2v) is 10.1. The topological polar surface area (TPSA) is 45.2 Å². The van der Waals surface area contributed by atoms with Gasteiger partial charge in [0.05, 0.1) is 23.0 Å². The number of likely N-dealkylation sites (tertiary alicyclic amines) is 1. The molecule has 3 aromatic rings. The minimum atomic E-state index is 0.0509. The van der Waals surface area contributed by atoms with Gasteiger partial charge < -0.3 is 5.32 Å².